The van der Waals surface area contributed by atoms with Crippen LogP contribution in [-0.2, 0) is 4.74 Å². The Morgan fingerprint density at radius 1 is 1.50 bits per heavy atom. The van der Waals surface area contributed by atoms with Gasteiger partial charge < -0.3 is 4.74 Å². The molecular formula is C13H22ClN3O. The first kappa shape index (κ1) is 13.8. The van der Waals surface area contributed by atoms with Crippen LogP contribution in [0.15, 0.2) is 6.20 Å². The highest BCUT2D eigenvalue weighted by Crippen LogP contribution is 2.44. The van der Waals surface area contributed by atoms with Crippen molar-refractivity contribution in [3.05, 3.63) is 11.9 Å². The predicted molar refractivity (Wildman–Crippen MR) is 71.8 cm³/mol. The van der Waals surface area contributed by atoms with Gasteiger partial charge in [0.25, 0.3) is 0 Å². The molecule has 2 heterocycles. The monoisotopic (exact) mass is 271 g/mol. The molecule has 1 fully saturated rings. The van der Waals surface area contributed by atoms with Crippen molar-refractivity contribution in [2.45, 2.75) is 70.1 Å². The minimum Gasteiger partial charge on any atom is -0.367 e. The second-order valence-corrected chi connectivity index (χ2v) is 6.71. The molecule has 4 nitrogen and oxygen atoms in total. The van der Waals surface area contributed by atoms with Crippen LogP contribution < -0.4 is 0 Å². The molecule has 1 aromatic heterocycles. The van der Waals surface area contributed by atoms with Crippen molar-refractivity contribution in [2.75, 3.05) is 0 Å². The quantitative estimate of drug-likeness (QED) is 0.790. The molecular weight excluding hydrogens is 250 g/mol. The third-order valence-electron chi connectivity index (χ3n) is 3.55. The van der Waals surface area contributed by atoms with Crippen molar-refractivity contribution in [1.82, 2.24) is 15.0 Å². The summed E-state index contributed by atoms with van der Waals surface area (Å²) in [7, 11) is 0. The van der Waals surface area contributed by atoms with E-state index in [1.165, 1.54) is 0 Å². The van der Waals surface area contributed by atoms with E-state index in [0.29, 0.717) is 0 Å². The van der Waals surface area contributed by atoms with E-state index in [1.54, 1.807) is 0 Å². The van der Waals surface area contributed by atoms with Gasteiger partial charge in [-0.05, 0) is 34.1 Å². The predicted octanol–water partition coefficient (Wildman–Crippen LogP) is 3.49. The van der Waals surface area contributed by atoms with E-state index >= 15 is 0 Å². The first-order chi connectivity index (χ1) is 8.25. The Kier molecular flexibility index (Phi) is 3.45. The molecule has 1 saturated heterocycles. The smallest absolute Gasteiger partial charge is 0.101 e. The second-order valence-electron chi connectivity index (χ2n) is 6.18. The van der Waals surface area contributed by atoms with E-state index in [1.807, 2.05) is 17.8 Å². The fourth-order valence-corrected chi connectivity index (χ4v) is 2.84. The fraction of sp³-hybridized carbons (Fsp3) is 0.846. The second kappa shape index (κ2) is 4.49. The zero-order valence-corrected chi connectivity index (χ0v) is 12.5. The van der Waals surface area contributed by atoms with Crippen LogP contribution in [0.1, 0.15) is 64.6 Å². The Balaban J connectivity index is 2.24. The highest BCUT2D eigenvalue weighted by atomic mass is 35.5. The summed E-state index contributed by atoms with van der Waals surface area (Å²) in [5.74, 6) is 0. The summed E-state index contributed by atoms with van der Waals surface area (Å²) in [5, 5.41) is 8.34. The topological polar surface area (TPSA) is 39.9 Å². The fourth-order valence-electron chi connectivity index (χ4n) is 2.74. The molecule has 18 heavy (non-hydrogen) atoms. The van der Waals surface area contributed by atoms with Gasteiger partial charge in [-0.2, -0.15) is 0 Å². The maximum atomic E-state index is 6.19. The molecule has 0 radical (unpaired) electrons. The Morgan fingerprint density at radius 3 is 2.67 bits per heavy atom. The molecule has 1 aromatic rings. The third kappa shape index (κ3) is 2.54. The van der Waals surface area contributed by atoms with Gasteiger partial charge in [0.2, 0.25) is 0 Å². The van der Waals surface area contributed by atoms with Crippen molar-refractivity contribution in [1.29, 1.82) is 0 Å². The van der Waals surface area contributed by atoms with Gasteiger partial charge in [0.05, 0.1) is 28.8 Å². The first-order valence-electron chi connectivity index (χ1n) is 6.51. The van der Waals surface area contributed by atoms with Crippen molar-refractivity contribution in [2.24, 2.45) is 0 Å². The lowest BCUT2D eigenvalue weighted by atomic mass is 9.95. The van der Waals surface area contributed by atoms with Gasteiger partial charge in [-0.15, -0.1) is 16.7 Å². The van der Waals surface area contributed by atoms with Crippen molar-refractivity contribution < 1.29 is 4.74 Å². The standard InChI is InChI=1S/C13H22ClN3O/c1-6-9(14)10-8-17(16-15-10)11-7-12(2,3)18-13(11,4)5/h8-9,11H,6-7H2,1-5H3. The maximum absolute atomic E-state index is 6.19. The molecule has 1 aliphatic heterocycles. The SMILES string of the molecule is CCC(Cl)c1cn(C2CC(C)(C)OC2(C)C)nn1. The molecule has 0 aliphatic carbocycles. The number of halogens is 1. The lowest BCUT2D eigenvalue weighted by Crippen LogP contribution is -2.31. The van der Waals surface area contributed by atoms with Crippen LogP contribution in [0, 0.1) is 0 Å². The summed E-state index contributed by atoms with van der Waals surface area (Å²) in [4.78, 5) is 0. The summed E-state index contributed by atoms with van der Waals surface area (Å²) in [6.45, 7) is 10.5. The van der Waals surface area contributed by atoms with Crippen LogP contribution in [0.25, 0.3) is 0 Å². The Bertz CT molecular complexity index is 428. The minimum absolute atomic E-state index is 0.0582. The third-order valence-corrected chi connectivity index (χ3v) is 4.09. The van der Waals surface area contributed by atoms with Crippen molar-refractivity contribution >= 4 is 11.6 Å². The lowest BCUT2D eigenvalue weighted by molar-refractivity contribution is -0.0738. The van der Waals surface area contributed by atoms with Crippen LogP contribution in [0.3, 0.4) is 0 Å². The van der Waals surface area contributed by atoms with Gasteiger partial charge >= 0.3 is 0 Å². The van der Waals surface area contributed by atoms with Crippen LogP contribution in [0.2, 0.25) is 0 Å². The maximum Gasteiger partial charge on any atom is 0.101 e. The summed E-state index contributed by atoms with van der Waals surface area (Å²) in [6.07, 6.45) is 3.75. The molecule has 0 aromatic carbocycles. The number of ether oxygens (including phenoxy) is 1. The number of alkyl halides is 1. The van der Waals surface area contributed by atoms with E-state index in [4.69, 9.17) is 16.3 Å². The van der Waals surface area contributed by atoms with E-state index in [9.17, 15) is 0 Å². The Labute approximate surface area is 114 Å². The average molecular weight is 272 g/mol. The van der Waals surface area contributed by atoms with Crippen LogP contribution in [0.4, 0.5) is 0 Å². The number of hydrogen-bond acceptors (Lipinski definition) is 3. The van der Waals surface area contributed by atoms with E-state index < -0.39 is 0 Å². The van der Waals surface area contributed by atoms with Gasteiger partial charge in [-0.1, -0.05) is 12.1 Å². The zero-order chi connectivity index (χ0) is 13.6. The van der Waals surface area contributed by atoms with E-state index in [-0.39, 0.29) is 22.6 Å². The summed E-state index contributed by atoms with van der Waals surface area (Å²) in [5.41, 5.74) is 0.494. The van der Waals surface area contributed by atoms with Gasteiger partial charge in [0.15, 0.2) is 0 Å². The number of nitrogens with zero attached hydrogens (tertiary/aromatic N) is 3. The van der Waals surface area contributed by atoms with Crippen molar-refractivity contribution in [3.8, 4) is 0 Å². The Hall–Kier alpha value is -0.610. The molecule has 0 spiro atoms. The van der Waals surface area contributed by atoms with Crippen LogP contribution >= 0.6 is 11.6 Å². The molecule has 102 valence electrons. The lowest BCUT2D eigenvalue weighted by Gasteiger charge is -2.26. The normalized spacial score (nSPS) is 27.3. The van der Waals surface area contributed by atoms with Gasteiger partial charge in [-0.3, -0.25) is 0 Å². The molecule has 2 atom stereocenters. The molecule has 5 heteroatoms. The van der Waals surface area contributed by atoms with Crippen LogP contribution in [0.5, 0.6) is 0 Å². The van der Waals surface area contributed by atoms with Gasteiger partial charge in [0, 0.05) is 6.42 Å². The highest BCUT2D eigenvalue weighted by molar-refractivity contribution is 6.20. The van der Waals surface area contributed by atoms with Crippen molar-refractivity contribution in [3.63, 3.8) is 0 Å². The molecule has 0 N–H and O–H groups in total. The molecule has 2 unspecified atom stereocenters. The first-order valence-corrected chi connectivity index (χ1v) is 6.95. The number of hydrogen-bond donors (Lipinski definition) is 0. The highest BCUT2D eigenvalue weighted by Gasteiger charge is 2.47. The average Bonchev–Trinajstić information content (AvgIpc) is 2.79. The molecule has 0 bridgehead atoms. The zero-order valence-electron chi connectivity index (χ0n) is 11.8. The van der Waals surface area contributed by atoms with Gasteiger partial charge in [-0.25, -0.2) is 4.68 Å². The molecule has 0 saturated carbocycles. The summed E-state index contributed by atoms with van der Waals surface area (Å²) >= 11 is 6.19. The van der Waals surface area contributed by atoms with E-state index in [2.05, 4.69) is 38.0 Å². The Morgan fingerprint density at radius 2 is 2.17 bits per heavy atom. The van der Waals surface area contributed by atoms with Gasteiger partial charge in [0.1, 0.15) is 5.69 Å². The molecule has 2 rings (SSSR count). The summed E-state index contributed by atoms with van der Waals surface area (Å²) < 4.78 is 7.99. The van der Waals surface area contributed by atoms with Crippen LogP contribution in [-0.4, -0.2) is 26.2 Å². The number of aromatic nitrogens is 3. The molecule has 0 amide bonds. The summed E-state index contributed by atoms with van der Waals surface area (Å²) in [6, 6.07) is 0.203. The molecule has 1 aliphatic rings. The minimum atomic E-state index is -0.234. The van der Waals surface area contributed by atoms with E-state index in [0.717, 1.165) is 18.5 Å². The largest absolute Gasteiger partial charge is 0.367 e. The number of rotatable bonds is 3.